The van der Waals surface area contributed by atoms with Gasteiger partial charge >= 0.3 is 0 Å². The number of nitrogens with zero attached hydrogens (tertiary/aromatic N) is 2. The third-order valence-electron chi connectivity index (χ3n) is 4.34. The monoisotopic (exact) mass is 312 g/mol. The number of rotatable bonds is 6. The van der Waals surface area contributed by atoms with Crippen molar-refractivity contribution in [2.24, 2.45) is 5.73 Å². The molecule has 0 saturated heterocycles. The van der Waals surface area contributed by atoms with Gasteiger partial charge in [0.05, 0.1) is 17.6 Å². The summed E-state index contributed by atoms with van der Waals surface area (Å²) in [5.74, 6) is 1.63. The Morgan fingerprint density at radius 1 is 1.26 bits per heavy atom. The Bertz CT molecular complexity index is 653. The van der Waals surface area contributed by atoms with Crippen molar-refractivity contribution < 1.29 is 5.11 Å². The number of benzene rings is 1. The number of anilines is 1. The fraction of sp³-hybridized carbons (Fsp3) is 0.444. The van der Waals surface area contributed by atoms with Gasteiger partial charge in [-0.2, -0.15) is 0 Å². The molecule has 0 radical (unpaired) electrons. The van der Waals surface area contributed by atoms with Crippen LogP contribution < -0.4 is 11.1 Å². The number of hydrogen-bond acceptors (Lipinski definition) is 5. The summed E-state index contributed by atoms with van der Waals surface area (Å²) < 4.78 is 0. The second-order valence-corrected chi connectivity index (χ2v) is 6.09. The van der Waals surface area contributed by atoms with Crippen molar-refractivity contribution in [1.29, 1.82) is 0 Å². The van der Waals surface area contributed by atoms with Crippen LogP contribution in [0.3, 0.4) is 0 Å². The number of aromatic nitrogens is 2. The molecule has 5 nitrogen and oxygen atoms in total. The average Bonchev–Trinajstić information content (AvgIpc) is 3.10. The SMILES string of the molecule is NCCCNc1cnc(C2CCCC2)nc1-c1cccc(O)c1. The predicted molar refractivity (Wildman–Crippen MR) is 92.5 cm³/mol. The van der Waals surface area contributed by atoms with E-state index < -0.39 is 0 Å². The molecule has 5 heteroatoms. The van der Waals surface area contributed by atoms with Gasteiger partial charge in [-0.1, -0.05) is 25.0 Å². The van der Waals surface area contributed by atoms with Gasteiger partial charge in [0.15, 0.2) is 0 Å². The number of phenolic OH excluding ortho intramolecular Hbond substituents is 1. The van der Waals surface area contributed by atoms with Crippen LogP contribution in [0, 0.1) is 0 Å². The van der Waals surface area contributed by atoms with Crippen LogP contribution in [-0.4, -0.2) is 28.2 Å². The van der Waals surface area contributed by atoms with Crippen LogP contribution in [0.5, 0.6) is 5.75 Å². The highest BCUT2D eigenvalue weighted by Gasteiger charge is 2.21. The average molecular weight is 312 g/mol. The van der Waals surface area contributed by atoms with Crippen molar-refractivity contribution in [2.75, 3.05) is 18.4 Å². The van der Waals surface area contributed by atoms with Crippen molar-refractivity contribution >= 4 is 5.69 Å². The molecule has 1 aliphatic rings. The van der Waals surface area contributed by atoms with E-state index in [4.69, 9.17) is 10.7 Å². The van der Waals surface area contributed by atoms with E-state index in [1.54, 1.807) is 12.1 Å². The maximum atomic E-state index is 9.78. The van der Waals surface area contributed by atoms with Crippen molar-refractivity contribution in [1.82, 2.24) is 9.97 Å². The highest BCUT2D eigenvalue weighted by atomic mass is 16.3. The molecule has 2 aromatic rings. The van der Waals surface area contributed by atoms with Gasteiger partial charge in [-0.25, -0.2) is 9.97 Å². The van der Waals surface area contributed by atoms with E-state index in [0.717, 1.165) is 35.7 Å². The van der Waals surface area contributed by atoms with Gasteiger partial charge in [-0.3, -0.25) is 0 Å². The Hall–Kier alpha value is -2.14. The van der Waals surface area contributed by atoms with Crippen LogP contribution >= 0.6 is 0 Å². The van der Waals surface area contributed by atoms with Gasteiger partial charge in [0.25, 0.3) is 0 Å². The molecule has 23 heavy (non-hydrogen) atoms. The summed E-state index contributed by atoms with van der Waals surface area (Å²) in [6, 6.07) is 7.22. The lowest BCUT2D eigenvalue weighted by molar-refractivity contribution is 0.475. The first kappa shape index (κ1) is 15.7. The number of nitrogens with two attached hydrogens (primary N) is 1. The number of phenols is 1. The second kappa shape index (κ2) is 7.42. The zero-order valence-electron chi connectivity index (χ0n) is 13.3. The zero-order valence-corrected chi connectivity index (χ0v) is 13.3. The second-order valence-electron chi connectivity index (χ2n) is 6.09. The van der Waals surface area contributed by atoms with E-state index in [9.17, 15) is 5.11 Å². The summed E-state index contributed by atoms with van der Waals surface area (Å²) in [5.41, 5.74) is 8.22. The molecule has 122 valence electrons. The first-order valence-electron chi connectivity index (χ1n) is 8.38. The maximum Gasteiger partial charge on any atom is 0.132 e. The topological polar surface area (TPSA) is 84.1 Å². The number of hydrogen-bond donors (Lipinski definition) is 3. The molecule has 1 aromatic heterocycles. The van der Waals surface area contributed by atoms with Gasteiger partial charge in [0, 0.05) is 18.0 Å². The van der Waals surface area contributed by atoms with Crippen LogP contribution in [0.25, 0.3) is 11.3 Å². The fourth-order valence-electron chi connectivity index (χ4n) is 3.10. The molecule has 1 aliphatic carbocycles. The lowest BCUT2D eigenvalue weighted by Gasteiger charge is -2.15. The highest BCUT2D eigenvalue weighted by molar-refractivity contribution is 5.74. The lowest BCUT2D eigenvalue weighted by atomic mass is 10.1. The fourth-order valence-corrected chi connectivity index (χ4v) is 3.10. The third-order valence-corrected chi connectivity index (χ3v) is 4.34. The molecule has 1 aromatic carbocycles. The summed E-state index contributed by atoms with van der Waals surface area (Å²) in [6.45, 7) is 1.43. The van der Waals surface area contributed by atoms with Crippen molar-refractivity contribution in [3.05, 3.63) is 36.3 Å². The minimum atomic E-state index is 0.247. The number of nitrogens with one attached hydrogen (secondary N) is 1. The van der Waals surface area contributed by atoms with E-state index in [2.05, 4.69) is 10.3 Å². The van der Waals surface area contributed by atoms with Crippen LogP contribution in [-0.2, 0) is 0 Å². The van der Waals surface area contributed by atoms with E-state index in [-0.39, 0.29) is 5.75 Å². The maximum absolute atomic E-state index is 9.78. The Morgan fingerprint density at radius 3 is 2.83 bits per heavy atom. The molecule has 3 rings (SSSR count). The molecule has 0 atom stereocenters. The standard InChI is InChI=1S/C18H24N4O/c19-9-4-10-20-16-12-21-18(13-5-1-2-6-13)22-17(16)14-7-3-8-15(23)11-14/h3,7-8,11-13,20,23H,1-2,4-6,9-10,19H2. The predicted octanol–water partition coefficient (Wildman–Crippen LogP) is 3.27. The zero-order chi connectivity index (χ0) is 16.1. The van der Waals surface area contributed by atoms with Crippen molar-refractivity contribution in [3.8, 4) is 17.0 Å². The van der Waals surface area contributed by atoms with Gasteiger partial charge < -0.3 is 16.2 Å². The summed E-state index contributed by atoms with van der Waals surface area (Å²) in [5, 5.41) is 13.1. The lowest BCUT2D eigenvalue weighted by Crippen LogP contribution is -2.11. The van der Waals surface area contributed by atoms with E-state index in [1.807, 2.05) is 18.3 Å². The molecule has 0 aliphatic heterocycles. The summed E-state index contributed by atoms with van der Waals surface area (Å²) >= 11 is 0. The largest absolute Gasteiger partial charge is 0.508 e. The molecule has 0 unspecified atom stereocenters. The van der Waals surface area contributed by atoms with Gasteiger partial charge in [0.2, 0.25) is 0 Å². The minimum absolute atomic E-state index is 0.247. The molecule has 0 amide bonds. The minimum Gasteiger partial charge on any atom is -0.508 e. The van der Waals surface area contributed by atoms with Crippen LogP contribution in [0.4, 0.5) is 5.69 Å². The van der Waals surface area contributed by atoms with Gasteiger partial charge in [-0.05, 0) is 37.9 Å². The van der Waals surface area contributed by atoms with E-state index in [1.165, 1.54) is 25.7 Å². The Labute approximate surface area is 137 Å². The molecule has 4 N–H and O–H groups in total. The molecular weight excluding hydrogens is 288 g/mol. The van der Waals surface area contributed by atoms with Crippen LogP contribution in [0.2, 0.25) is 0 Å². The van der Waals surface area contributed by atoms with Crippen LogP contribution in [0.15, 0.2) is 30.5 Å². The van der Waals surface area contributed by atoms with Gasteiger partial charge in [0.1, 0.15) is 11.6 Å². The highest BCUT2D eigenvalue weighted by Crippen LogP contribution is 2.35. The van der Waals surface area contributed by atoms with Crippen LogP contribution in [0.1, 0.15) is 43.8 Å². The quantitative estimate of drug-likeness (QED) is 0.713. The molecule has 0 spiro atoms. The Balaban J connectivity index is 1.95. The summed E-state index contributed by atoms with van der Waals surface area (Å²) in [6.07, 6.45) is 7.61. The molecular formula is C18H24N4O. The number of aromatic hydroxyl groups is 1. The van der Waals surface area contributed by atoms with Crippen molar-refractivity contribution in [2.45, 2.75) is 38.0 Å². The summed E-state index contributed by atoms with van der Waals surface area (Å²) in [4.78, 5) is 9.41. The molecule has 1 saturated carbocycles. The first-order valence-corrected chi connectivity index (χ1v) is 8.38. The van der Waals surface area contributed by atoms with Crippen molar-refractivity contribution in [3.63, 3.8) is 0 Å². The van der Waals surface area contributed by atoms with E-state index >= 15 is 0 Å². The Kier molecular flexibility index (Phi) is 5.08. The summed E-state index contributed by atoms with van der Waals surface area (Å²) in [7, 11) is 0. The molecule has 1 fully saturated rings. The molecule has 0 bridgehead atoms. The smallest absolute Gasteiger partial charge is 0.132 e. The molecule has 1 heterocycles. The normalized spacial score (nSPS) is 15.0. The van der Waals surface area contributed by atoms with E-state index in [0.29, 0.717) is 12.5 Å². The first-order chi connectivity index (χ1) is 11.3. The third kappa shape index (κ3) is 3.79. The Morgan fingerprint density at radius 2 is 2.09 bits per heavy atom. The van der Waals surface area contributed by atoms with Gasteiger partial charge in [-0.15, -0.1) is 0 Å².